The fourth-order valence-electron chi connectivity index (χ4n) is 10.6. The Balaban J connectivity index is 0.905. The van der Waals surface area contributed by atoms with Crippen LogP contribution in [0.1, 0.15) is 73.1 Å². The maximum absolute atomic E-state index is 14.3. The first-order chi connectivity index (χ1) is 27.0. The first-order valence-corrected chi connectivity index (χ1v) is 20.4. The molecule has 3 aromatic rings. The van der Waals surface area contributed by atoms with Crippen LogP contribution < -0.4 is 9.34 Å². The van der Waals surface area contributed by atoms with Crippen LogP contribution in [0.25, 0.3) is 0 Å². The smallest absolute Gasteiger partial charge is 0.404 e. The van der Waals surface area contributed by atoms with Crippen LogP contribution in [0.15, 0.2) is 81.3 Å². The molecule has 2 saturated heterocycles. The molecule has 9 rings (SSSR count). The molecule has 1 aromatic heterocycles. The number of aliphatic hydroxyl groups excluding tert-OH is 1. The van der Waals surface area contributed by atoms with Crippen molar-refractivity contribution in [3.8, 4) is 5.88 Å². The highest BCUT2D eigenvalue weighted by Gasteiger charge is 2.88. The van der Waals surface area contributed by atoms with Crippen LogP contribution in [0.5, 0.6) is 5.88 Å². The summed E-state index contributed by atoms with van der Waals surface area (Å²) < 4.78 is 53.2. The predicted molar refractivity (Wildman–Crippen MR) is 193 cm³/mol. The predicted octanol–water partition coefficient (Wildman–Crippen LogP) is 3.13. The summed E-state index contributed by atoms with van der Waals surface area (Å²) in [5, 5.41) is 25.7. The fraction of sp³-hybridized carbons (Fsp3) is 0.500. The molecule has 0 amide bonds. The van der Waals surface area contributed by atoms with Crippen molar-refractivity contribution in [2.45, 2.75) is 80.3 Å². The minimum absolute atomic E-state index is 0.0269. The average molecular weight is 808 g/mol. The number of carbonyl (C=O) groups is 4. The summed E-state index contributed by atoms with van der Waals surface area (Å²) in [5.41, 5.74) is -3.41. The van der Waals surface area contributed by atoms with Gasteiger partial charge in [0.25, 0.3) is 9.84 Å². The molecule has 2 aromatic carbocycles. The zero-order valence-corrected chi connectivity index (χ0v) is 32.1. The minimum Gasteiger partial charge on any atom is -0.462 e. The third-order valence-electron chi connectivity index (χ3n) is 13.1. The van der Waals surface area contributed by atoms with Gasteiger partial charge in [0.1, 0.15) is 23.4 Å². The number of benzene rings is 2. The second-order valence-corrected chi connectivity index (χ2v) is 18.2. The largest absolute Gasteiger partial charge is 0.462 e. The summed E-state index contributed by atoms with van der Waals surface area (Å²) in [6.07, 6.45) is -0.729. The number of aromatic nitrogens is 2. The average Bonchev–Trinajstić information content (AvgIpc) is 3.62. The summed E-state index contributed by atoms with van der Waals surface area (Å²) >= 11 is 0. The Labute approximate surface area is 326 Å². The molecular weight excluding hydrogens is 765 g/mol. The molecule has 6 aliphatic rings. The Morgan fingerprint density at radius 3 is 2.37 bits per heavy atom. The van der Waals surface area contributed by atoms with Gasteiger partial charge in [-0.1, -0.05) is 43.3 Å². The van der Waals surface area contributed by atoms with Crippen molar-refractivity contribution in [3.63, 3.8) is 0 Å². The summed E-state index contributed by atoms with van der Waals surface area (Å²) in [5.74, 6) is -7.11. The third-order valence-corrected chi connectivity index (χ3v) is 14.9. The van der Waals surface area contributed by atoms with Gasteiger partial charge in [-0.2, -0.15) is 0 Å². The van der Waals surface area contributed by atoms with E-state index in [1.165, 1.54) is 48.5 Å². The highest BCUT2D eigenvalue weighted by Crippen LogP contribution is 2.76. The van der Waals surface area contributed by atoms with Crippen LogP contribution in [0.2, 0.25) is 0 Å². The Morgan fingerprint density at radius 2 is 1.67 bits per heavy atom. The molecule has 302 valence electrons. The standard InChI is InChI=1S/C40H43N2O14S/c1-22-26-15-16-27-38-21-54-40(48,31(45)29(38)37(2,3)18-17-28(38)43)39(27,30(22)44)32(26)55-36(47)24-13-11-23(12-14-24)35(46)53-20-8-7-19-52-33-34(42(49)56-41-33)57(50,51)25-9-5-4-6-10-25/h4-6,9-14,26-27,29,31-32,41,45,48H,1,7-8,15-21H2,2-3H3/q+1/t26-,27-,29+,31-,32+,38+,39-,40-/m0/s1. The van der Waals surface area contributed by atoms with E-state index in [1.807, 2.05) is 13.8 Å². The Hall–Kier alpha value is -4.97. The van der Waals surface area contributed by atoms with Gasteiger partial charge < -0.3 is 29.2 Å². The van der Waals surface area contributed by atoms with Gasteiger partial charge in [0.2, 0.25) is 10.4 Å². The lowest BCUT2D eigenvalue weighted by Crippen LogP contribution is -2.85. The number of carbonyl (C=O) groups excluding carboxylic acids is 4. The van der Waals surface area contributed by atoms with E-state index in [9.17, 15) is 42.7 Å². The number of esters is 2. The molecule has 57 heavy (non-hydrogen) atoms. The van der Waals surface area contributed by atoms with Gasteiger partial charge in [-0.3, -0.25) is 9.59 Å². The summed E-state index contributed by atoms with van der Waals surface area (Å²) in [6, 6.07) is 12.8. The van der Waals surface area contributed by atoms with E-state index in [0.29, 0.717) is 32.1 Å². The molecule has 2 aliphatic heterocycles. The number of hydrogen-bond acceptors (Lipinski definition) is 14. The van der Waals surface area contributed by atoms with E-state index in [1.54, 1.807) is 6.07 Å². The number of rotatable bonds is 11. The number of aliphatic hydroxyl groups is 2. The molecule has 6 fully saturated rings. The summed E-state index contributed by atoms with van der Waals surface area (Å²) in [4.78, 5) is 66.8. The highest BCUT2D eigenvalue weighted by atomic mass is 32.2. The van der Waals surface area contributed by atoms with E-state index in [-0.39, 0.29) is 64.1 Å². The number of hydrogen-bond donors (Lipinski definition) is 3. The Bertz CT molecular complexity index is 2340. The molecule has 4 aliphatic carbocycles. The van der Waals surface area contributed by atoms with Gasteiger partial charge in [0.15, 0.2) is 5.78 Å². The van der Waals surface area contributed by atoms with Crippen molar-refractivity contribution in [1.82, 2.24) is 5.16 Å². The molecule has 8 atom stereocenters. The topological polar surface area (TPSA) is 232 Å². The van der Waals surface area contributed by atoms with Gasteiger partial charge in [-0.25, -0.2) is 18.0 Å². The second-order valence-electron chi connectivity index (χ2n) is 16.3. The number of nitrogens with zero attached hydrogens (tertiary/aromatic N) is 1. The number of nitrogens with one attached hydrogen (secondary N) is 1. The van der Waals surface area contributed by atoms with Crippen molar-refractivity contribution < 1.29 is 66.0 Å². The van der Waals surface area contributed by atoms with Crippen molar-refractivity contribution in [2.24, 2.45) is 34.0 Å². The zero-order valence-electron chi connectivity index (χ0n) is 31.3. The van der Waals surface area contributed by atoms with Crippen LogP contribution in [-0.2, 0) is 33.6 Å². The molecule has 3 heterocycles. The molecule has 16 nitrogen and oxygen atoms in total. The molecule has 0 radical (unpaired) electrons. The highest BCUT2D eigenvalue weighted by molar-refractivity contribution is 7.91. The van der Waals surface area contributed by atoms with Gasteiger partial charge in [-0.05, 0) is 95.5 Å². The van der Waals surface area contributed by atoms with Crippen LogP contribution in [0.4, 0.5) is 0 Å². The number of H-pyrrole nitrogens is 1. The number of fused-ring (bicyclic) bond motifs is 2. The molecule has 17 heteroatoms. The fourth-order valence-corrected chi connectivity index (χ4v) is 11.9. The van der Waals surface area contributed by atoms with Crippen molar-refractivity contribution in [1.29, 1.82) is 0 Å². The van der Waals surface area contributed by atoms with E-state index >= 15 is 0 Å². The number of ether oxygens (including phenoxy) is 4. The molecule has 0 unspecified atom stereocenters. The second kappa shape index (κ2) is 13.6. The Morgan fingerprint density at radius 1 is 1.00 bits per heavy atom. The van der Waals surface area contributed by atoms with Gasteiger partial charge in [0, 0.05) is 18.3 Å². The van der Waals surface area contributed by atoms with Crippen LogP contribution in [-0.4, -0.2) is 85.1 Å². The van der Waals surface area contributed by atoms with Crippen molar-refractivity contribution >= 4 is 33.3 Å². The maximum atomic E-state index is 14.3. The molecule has 2 spiro atoms. The van der Waals surface area contributed by atoms with Crippen molar-refractivity contribution in [2.75, 3.05) is 19.8 Å². The maximum Gasteiger partial charge on any atom is 0.404 e. The van der Waals surface area contributed by atoms with E-state index < -0.39 is 84.6 Å². The summed E-state index contributed by atoms with van der Waals surface area (Å²) in [7, 11) is -4.24. The first-order valence-electron chi connectivity index (χ1n) is 18.9. The quantitative estimate of drug-likeness (QED) is 0.144. The number of ketones is 2. The molecule has 4 saturated carbocycles. The monoisotopic (exact) mass is 807 g/mol. The van der Waals surface area contributed by atoms with Gasteiger partial charge in [0.05, 0.1) is 41.3 Å². The summed E-state index contributed by atoms with van der Waals surface area (Å²) in [6.45, 7) is 7.71. The number of unbranched alkanes of at least 4 members (excludes halogenated alkanes) is 1. The van der Waals surface area contributed by atoms with E-state index in [4.69, 9.17) is 18.9 Å². The van der Waals surface area contributed by atoms with Crippen molar-refractivity contribution in [3.05, 3.63) is 82.8 Å². The van der Waals surface area contributed by atoms with Crippen LogP contribution in [0, 0.1) is 38.9 Å². The number of sulfone groups is 1. The number of Topliss-reactive ketones (excluding diaryl/α,β-unsaturated/α-hetero) is 2. The molecule has 3 N–H and O–H groups in total. The first kappa shape index (κ1) is 38.9. The Kier molecular flexibility index (Phi) is 9.25. The van der Waals surface area contributed by atoms with Crippen LogP contribution in [0.3, 0.4) is 0 Å². The zero-order chi connectivity index (χ0) is 40.7. The lowest BCUT2D eigenvalue weighted by atomic mass is 9.36. The van der Waals surface area contributed by atoms with Crippen LogP contribution >= 0.6 is 0 Å². The van der Waals surface area contributed by atoms with E-state index in [2.05, 4.69) is 16.4 Å². The van der Waals surface area contributed by atoms with E-state index in [0.717, 1.165) is 0 Å². The molecule has 4 bridgehead atoms. The lowest BCUT2D eigenvalue weighted by molar-refractivity contribution is -0.744. The molecular formula is C40H43N2O14S+. The number of aromatic amines is 1. The van der Waals surface area contributed by atoms with Gasteiger partial charge in [-0.15, -0.1) is 0 Å². The third kappa shape index (κ3) is 5.45. The normalized spacial score (nSPS) is 32.4. The minimum atomic E-state index is -4.24. The lowest BCUT2D eigenvalue weighted by Gasteiger charge is -2.72. The SMILES string of the molecule is C=C1C(=O)[C@]23[C@H](OC(=O)c4ccc(C(=O)OCCCCOc5[nH]o[n+](=O)c5S(=O)(=O)c5ccccc5)cc4)[C@H]1CC[C@H]2[C@@]12CO[C@@]3(O)[C@@H](O)[C@@H]1C(C)(C)CCC2=O. The van der Waals surface area contributed by atoms with Gasteiger partial charge >= 0.3 is 22.8 Å².